The van der Waals surface area contributed by atoms with Gasteiger partial charge in [0.15, 0.2) is 21.5 Å². The third-order valence-electron chi connectivity index (χ3n) is 4.50. The number of aromatic nitrogens is 1. The molecule has 142 valence electrons. The molecular formula is C18H17F2N3O2S2. The van der Waals surface area contributed by atoms with Gasteiger partial charge in [0.25, 0.3) is 0 Å². The third kappa shape index (κ3) is 3.54. The topological polar surface area (TPSA) is 62.3 Å². The second-order valence-corrected chi connectivity index (χ2v) is 9.62. The van der Waals surface area contributed by atoms with Crippen molar-refractivity contribution in [1.82, 2.24) is 10.3 Å². The molecule has 0 saturated carbocycles. The molecule has 0 bridgehead atoms. The van der Waals surface area contributed by atoms with Crippen LogP contribution in [0, 0.1) is 11.6 Å². The second kappa shape index (κ2) is 7.14. The highest BCUT2D eigenvalue weighted by atomic mass is 32.2. The molecule has 3 heterocycles. The highest BCUT2D eigenvalue weighted by Gasteiger charge is 2.24. The van der Waals surface area contributed by atoms with Gasteiger partial charge in [0.2, 0.25) is 0 Å². The first kappa shape index (κ1) is 18.3. The van der Waals surface area contributed by atoms with Gasteiger partial charge in [0.05, 0.1) is 5.75 Å². The van der Waals surface area contributed by atoms with E-state index in [-0.39, 0.29) is 9.77 Å². The third-order valence-corrected chi connectivity index (χ3v) is 7.83. The average molecular weight is 409 g/mol. The summed E-state index contributed by atoms with van der Waals surface area (Å²) in [6.07, 6.45) is 1.67. The maximum absolute atomic E-state index is 13.9. The van der Waals surface area contributed by atoms with Gasteiger partial charge in [-0.05, 0) is 18.2 Å². The van der Waals surface area contributed by atoms with E-state index < -0.39 is 27.2 Å². The minimum absolute atomic E-state index is 0.130. The van der Waals surface area contributed by atoms with E-state index in [9.17, 15) is 17.2 Å². The lowest BCUT2D eigenvalue weighted by Gasteiger charge is -2.28. The second-order valence-electron chi connectivity index (χ2n) is 6.32. The van der Waals surface area contributed by atoms with Crippen molar-refractivity contribution in [2.24, 2.45) is 0 Å². The number of rotatable bonds is 4. The van der Waals surface area contributed by atoms with E-state index in [1.54, 1.807) is 18.3 Å². The van der Waals surface area contributed by atoms with Crippen LogP contribution >= 0.6 is 11.3 Å². The first-order chi connectivity index (χ1) is 13.0. The fourth-order valence-electron chi connectivity index (χ4n) is 3.14. The molecule has 1 aromatic carbocycles. The lowest BCUT2D eigenvalue weighted by Crippen LogP contribution is -2.43. The standard InChI is InChI=1S/C18H17F2N3O2S2/c19-14-3-1-2-12(17(14)20)11-27(24,25)16-10-13-15(26-16)4-5-22-18(13)23-8-6-21-7-9-23/h1-5,10,21H,6-9,11H2. The molecule has 9 heteroatoms. The highest BCUT2D eigenvalue weighted by Crippen LogP contribution is 2.35. The van der Waals surface area contributed by atoms with Crippen LogP contribution in [0.15, 0.2) is 40.7 Å². The van der Waals surface area contributed by atoms with Crippen LogP contribution < -0.4 is 10.2 Å². The van der Waals surface area contributed by atoms with Gasteiger partial charge >= 0.3 is 0 Å². The molecular weight excluding hydrogens is 392 g/mol. The number of halogens is 2. The predicted octanol–water partition coefficient (Wildman–Crippen LogP) is 2.96. The largest absolute Gasteiger partial charge is 0.354 e. The number of pyridine rings is 1. The van der Waals surface area contributed by atoms with E-state index in [1.165, 1.54) is 12.1 Å². The van der Waals surface area contributed by atoms with E-state index in [0.717, 1.165) is 59.5 Å². The molecule has 3 aromatic rings. The molecule has 2 aromatic heterocycles. The van der Waals surface area contributed by atoms with Crippen LogP contribution in [0.2, 0.25) is 0 Å². The Morgan fingerprint density at radius 2 is 1.96 bits per heavy atom. The van der Waals surface area contributed by atoms with Crippen LogP contribution in [0.4, 0.5) is 14.6 Å². The van der Waals surface area contributed by atoms with Gasteiger partial charge < -0.3 is 10.2 Å². The SMILES string of the molecule is O=S(=O)(Cc1cccc(F)c1F)c1cc2c(N3CCNCC3)nccc2s1. The summed E-state index contributed by atoms with van der Waals surface area (Å²) in [5.74, 6) is -2.00. The van der Waals surface area contributed by atoms with Crippen molar-refractivity contribution in [2.75, 3.05) is 31.1 Å². The number of sulfone groups is 1. The van der Waals surface area contributed by atoms with Gasteiger partial charge in [0.1, 0.15) is 10.0 Å². The number of hydrogen-bond acceptors (Lipinski definition) is 6. The van der Waals surface area contributed by atoms with Crippen LogP contribution in [-0.2, 0) is 15.6 Å². The molecule has 1 N–H and O–H groups in total. The van der Waals surface area contributed by atoms with Crippen molar-refractivity contribution < 1.29 is 17.2 Å². The lowest BCUT2D eigenvalue weighted by atomic mass is 10.2. The van der Waals surface area contributed by atoms with Gasteiger partial charge in [-0.3, -0.25) is 0 Å². The number of piperazine rings is 1. The Bertz CT molecular complexity index is 1090. The Morgan fingerprint density at radius 1 is 1.19 bits per heavy atom. The van der Waals surface area contributed by atoms with Gasteiger partial charge in [-0.1, -0.05) is 12.1 Å². The van der Waals surface area contributed by atoms with Crippen LogP contribution in [-0.4, -0.2) is 39.6 Å². The monoisotopic (exact) mass is 409 g/mol. The summed E-state index contributed by atoms with van der Waals surface area (Å²) in [6.45, 7) is 3.26. The molecule has 0 radical (unpaired) electrons. The summed E-state index contributed by atoms with van der Waals surface area (Å²) in [5.41, 5.74) is -0.173. The number of nitrogens with one attached hydrogen (secondary N) is 1. The van der Waals surface area contributed by atoms with Gasteiger partial charge in [-0.25, -0.2) is 22.2 Å². The van der Waals surface area contributed by atoms with Crippen LogP contribution in [0.25, 0.3) is 10.1 Å². The summed E-state index contributed by atoms with van der Waals surface area (Å²) in [7, 11) is -3.81. The molecule has 1 saturated heterocycles. The number of benzene rings is 1. The maximum atomic E-state index is 13.9. The Morgan fingerprint density at radius 3 is 2.74 bits per heavy atom. The van der Waals surface area contributed by atoms with Gasteiger partial charge in [-0.2, -0.15) is 0 Å². The quantitative estimate of drug-likeness (QED) is 0.718. The molecule has 27 heavy (non-hydrogen) atoms. The smallest absolute Gasteiger partial charge is 0.192 e. The van der Waals surface area contributed by atoms with Crippen LogP contribution in [0.3, 0.4) is 0 Å². The van der Waals surface area contributed by atoms with E-state index in [0.29, 0.717) is 0 Å². The Balaban J connectivity index is 1.72. The predicted molar refractivity (Wildman–Crippen MR) is 102 cm³/mol. The zero-order valence-electron chi connectivity index (χ0n) is 14.3. The number of fused-ring (bicyclic) bond motifs is 1. The molecule has 0 aliphatic carbocycles. The minimum Gasteiger partial charge on any atom is -0.354 e. The van der Waals surface area contributed by atoms with Gasteiger partial charge in [0, 0.05) is 48.0 Å². The summed E-state index contributed by atoms with van der Waals surface area (Å²) in [4.78, 5) is 6.56. The molecule has 5 nitrogen and oxygen atoms in total. The molecule has 4 rings (SSSR count). The molecule has 0 spiro atoms. The Kier molecular flexibility index (Phi) is 4.83. The van der Waals surface area contributed by atoms with Crippen molar-refractivity contribution in [3.05, 3.63) is 53.7 Å². The van der Waals surface area contributed by atoms with Crippen molar-refractivity contribution >= 4 is 37.1 Å². The number of thiophene rings is 1. The molecule has 1 aliphatic rings. The van der Waals surface area contributed by atoms with E-state index >= 15 is 0 Å². The molecule has 0 amide bonds. The minimum atomic E-state index is -3.81. The summed E-state index contributed by atoms with van der Waals surface area (Å²) in [6, 6.07) is 6.93. The normalized spacial score (nSPS) is 15.4. The average Bonchev–Trinajstić information content (AvgIpc) is 3.11. The fourth-order valence-corrected chi connectivity index (χ4v) is 5.95. The van der Waals surface area contributed by atoms with E-state index in [4.69, 9.17) is 0 Å². The molecule has 0 unspecified atom stereocenters. The number of hydrogen-bond donors (Lipinski definition) is 1. The van der Waals surface area contributed by atoms with Gasteiger partial charge in [-0.15, -0.1) is 11.3 Å². The molecule has 0 atom stereocenters. The Hall–Kier alpha value is -2.10. The summed E-state index contributed by atoms with van der Waals surface area (Å²) in [5, 5.41) is 4.04. The highest BCUT2D eigenvalue weighted by molar-refractivity contribution is 7.92. The van der Waals surface area contributed by atoms with Crippen molar-refractivity contribution in [2.45, 2.75) is 9.96 Å². The van der Waals surface area contributed by atoms with Crippen molar-refractivity contribution in [3.63, 3.8) is 0 Å². The zero-order chi connectivity index (χ0) is 19.0. The summed E-state index contributed by atoms with van der Waals surface area (Å²) >= 11 is 1.13. The Labute approximate surface area is 159 Å². The first-order valence-electron chi connectivity index (χ1n) is 8.45. The molecule has 1 aliphatic heterocycles. The van der Waals surface area contributed by atoms with Crippen LogP contribution in [0.1, 0.15) is 5.56 Å². The van der Waals surface area contributed by atoms with E-state index in [2.05, 4.69) is 15.2 Å². The van der Waals surface area contributed by atoms with E-state index in [1.807, 2.05) is 0 Å². The van der Waals surface area contributed by atoms with Crippen molar-refractivity contribution in [3.8, 4) is 0 Å². The first-order valence-corrected chi connectivity index (χ1v) is 10.9. The van der Waals surface area contributed by atoms with Crippen LogP contribution in [0.5, 0.6) is 0 Å². The fraction of sp³-hybridized carbons (Fsp3) is 0.278. The number of anilines is 1. The zero-order valence-corrected chi connectivity index (χ0v) is 15.9. The number of nitrogens with zero attached hydrogens (tertiary/aromatic N) is 2. The summed E-state index contributed by atoms with van der Waals surface area (Å²) < 4.78 is 53.8. The lowest BCUT2D eigenvalue weighted by molar-refractivity contribution is 0.501. The molecule has 1 fully saturated rings. The maximum Gasteiger partial charge on any atom is 0.192 e. The van der Waals surface area contributed by atoms with Crippen molar-refractivity contribution in [1.29, 1.82) is 0 Å².